The van der Waals surface area contributed by atoms with Crippen molar-refractivity contribution in [1.29, 1.82) is 0 Å². The topological polar surface area (TPSA) is 66.9 Å². The number of amides is 2. The highest BCUT2D eigenvalue weighted by atomic mass is 32.1. The zero-order chi connectivity index (χ0) is 21.6. The first kappa shape index (κ1) is 21.2. The number of carbonyl (C=O) groups excluding carboxylic acids is 1. The molecule has 3 aromatic rings. The molecule has 7 nitrogen and oxygen atoms in total. The molecule has 1 aliphatic heterocycles. The van der Waals surface area contributed by atoms with Crippen LogP contribution in [0.15, 0.2) is 42.5 Å². The summed E-state index contributed by atoms with van der Waals surface area (Å²) in [5.74, 6) is 1.67. The number of nitrogens with zero attached hydrogens (tertiary/aromatic N) is 3. The van der Waals surface area contributed by atoms with Gasteiger partial charge in [-0.3, -0.25) is 0 Å². The van der Waals surface area contributed by atoms with Crippen molar-refractivity contribution in [2.75, 3.05) is 51.3 Å². The third kappa shape index (κ3) is 5.02. The van der Waals surface area contributed by atoms with Gasteiger partial charge in [-0.15, -0.1) is 0 Å². The number of thiazole rings is 1. The van der Waals surface area contributed by atoms with Crippen LogP contribution in [0.25, 0.3) is 10.2 Å². The minimum absolute atomic E-state index is 0.00362. The van der Waals surface area contributed by atoms with E-state index in [1.54, 1.807) is 18.4 Å². The number of benzene rings is 2. The fourth-order valence-corrected chi connectivity index (χ4v) is 4.67. The second-order valence-electron chi connectivity index (χ2n) is 7.34. The summed E-state index contributed by atoms with van der Waals surface area (Å²) in [5.41, 5.74) is 2.09. The average Bonchev–Trinajstić information content (AvgIpc) is 3.25. The Kier molecular flexibility index (Phi) is 6.76. The Hall–Kier alpha value is -3.00. The highest BCUT2D eigenvalue weighted by Crippen LogP contribution is 2.34. The molecule has 1 saturated heterocycles. The number of piperazine rings is 1. The molecule has 1 fully saturated rings. The number of fused-ring (bicyclic) bond motifs is 1. The van der Waals surface area contributed by atoms with Gasteiger partial charge in [-0.05, 0) is 43.2 Å². The molecule has 0 unspecified atom stereocenters. The van der Waals surface area contributed by atoms with Gasteiger partial charge in [0.1, 0.15) is 17.0 Å². The van der Waals surface area contributed by atoms with Crippen LogP contribution in [0.4, 0.5) is 9.93 Å². The monoisotopic (exact) mass is 440 g/mol. The summed E-state index contributed by atoms with van der Waals surface area (Å²) >= 11 is 1.67. The summed E-state index contributed by atoms with van der Waals surface area (Å²) < 4.78 is 12.0. The molecule has 0 atom stereocenters. The zero-order valence-corrected chi connectivity index (χ0v) is 18.8. The van der Waals surface area contributed by atoms with E-state index in [-0.39, 0.29) is 6.03 Å². The summed E-state index contributed by atoms with van der Waals surface area (Å²) in [6.45, 7) is 6.13. The second kappa shape index (κ2) is 9.87. The van der Waals surface area contributed by atoms with E-state index in [0.29, 0.717) is 26.2 Å². The van der Waals surface area contributed by atoms with Gasteiger partial charge in [0.25, 0.3) is 0 Å². The number of anilines is 1. The highest BCUT2D eigenvalue weighted by molar-refractivity contribution is 7.22. The van der Waals surface area contributed by atoms with E-state index in [1.807, 2.05) is 48.2 Å². The van der Waals surface area contributed by atoms with Gasteiger partial charge in [-0.25, -0.2) is 9.78 Å². The first-order chi connectivity index (χ1) is 15.2. The molecule has 2 heterocycles. The number of urea groups is 1. The normalized spacial score (nSPS) is 14.0. The summed E-state index contributed by atoms with van der Waals surface area (Å²) in [5, 5.41) is 4.02. The van der Waals surface area contributed by atoms with Gasteiger partial charge in [-0.2, -0.15) is 0 Å². The molecule has 1 N–H and O–H groups in total. The third-order valence-electron chi connectivity index (χ3n) is 5.36. The van der Waals surface area contributed by atoms with Crippen LogP contribution in [-0.4, -0.2) is 62.4 Å². The van der Waals surface area contributed by atoms with Crippen molar-refractivity contribution in [3.8, 4) is 11.5 Å². The maximum absolute atomic E-state index is 12.5. The summed E-state index contributed by atoms with van der Waals surface area (Å²) in [6.07, 6.45) is 0.795. The Balaban J connectivity index is 1.27. The van der Waals surface area contributed by atoms with Crippen LogP contribution < -0.4 is 19.7 Å². The van der Waals surface area contributed by atoms with Crippen LogP contribution in [-0.2, 0) is 6.42 Å². The third-order valence-corrected chi connectivity index (χ3v) is 6.44. The smallest absolute Gasteiger partial charge is 0.317 e. The molecule has 0 spiro atoms. The van der Waals surface area contributed by atoms with Crippen LogP contribution in [0, 0.1) is 0 Å². The van der Waals surface area contributed by atoms with Gasteiger partial charge in [0.05, 0.1) is 18.4 Å². The van der Waals surface area contributed by atoms with Gasteiger partial charge in [0.2, 0.25) is 0 Å². The molecule has 0 aliphatic carbocycles. The lowest BCUT2D eigenvalue weighted by Crippen LogP contribution is -2.52. The number of para-hydroxylation sites is 1. The Bertz CT molecular complexity index is 1010. The fourth-order valence-electron chi connectivity index (χ4n) is 3.64. The predicted molar refractivity (Wildman–Crippen MR) is 125 cm³/mol. The Morgan fingerprint density at radius 1 is 1.13 bits per heavy atom. The molecule has 1 aromatic heterocycles. The number of aromatic nitrogens is 1. The van der Waals surface area contributed by atoms with Gasteiger partial charge < -0.3 is 24.6 Å². The second-order valence-corrected chi connectivity index (χ2v) is 8.35. The molecular weight excluding hydrogens is 412 g/mol. The molecule has 0 saturated carbocycles. The minimum atomic E-state index is -0.00362. The van der Waals surface area contributed by atoms with Gasteiger partial charge in [0.15, 0.2) is 5.13 Å². The molecule has 0 bridgehead atoms. The molecule has 4 rings (SSSR count). The first-order valence-electron chi connectivity index (χ1n) is 10.6. The number of hydrogen-bond acceptors (Lipinski definition) is 6. The Morgan fingerprint density at radius 2 is 1.90 bits per heavy atom. The highest BCUT2D eigenvalue weighted by Gasteiger charge is 2.23. The van der Waals surface area contributed by atoms with Crippen molar-refractivity contribution in [2.24, 2.45) is 0 Å². The standard InChI is InChI=1S/C23H28N4O3S/c1-3-30-19-5-4-6-20-21(19)25-23(31-20)27-15-13-26(14-16-27)22(28)24-12-11-17-7-9-18(29-2)10-8-17/h4-10H,3,11-16H2,1-2H3,(H,24,28). The SMILES string of the molecule is CCOc1cccc2sc(N3CCN(C(=O)NCCc4ccc(OC)cc4)CC3)nc12. The quantitative estimate of drug-likeness (QED) is 0.606. The minimum Gasteiger partial charge on any atom is -0.497 e. The molecule has 1 aliphatic rings. The van der Waals surface area contributed by atoms with Crippen LogP contribution in [0.5, 0.6) is 11.5 Å². The van der Waals surface area contributed by atoms with E-state index in [9.17, 15) is 4.79 Å². The van der Waals surface area contributed by atoms with Crippen LogP contribution in [0.3, 0.4) is 0 Å². The Labute approximate surface area is 186 Å². The van der Waals surface area contributed by atoms with Crippen LogP contribution in [0.1, 0.15) is 12.5 Å². The van der Waals surface area contributed by atoms with Gasteiger partial charge in [0, 0.05) is 32.7 Å². The number of carbonyl (C=O) groups is 1. The van der Waals surface area contributed by atoms with E-state index in [1.165, 1.54) is 5.56 Å². The number of hydrogen-bond donors (Lipinski definition) is 1. The predicted octanol–water partition coefficient (Wildman–Crippen LogP) is 3.78. The summed E-state index contributed by atoms with van der Waals surface area (Å²) in [7, 11) is 1.66. The molecule has 31 heavy (non-hydrogen) atoms. The lowest BCUT2D eigenvalue weighted by atomic mass is 10.1. The van der Waals surface area contributed by atoms with E-state index in [2.05, 4.69) is 16.3 Å². The van der Waals surface area contributed by atoms with E-state index in [4.69, 9.17) is 14.5 Å². The maximum Gasteiger partial charge on any atom is 0.317 e. The first-order valence-corrected chi connectivity index (χ1v) is 11.4. The average molecular weight is 441 g/mol. The van der Waals surface area contributed by atoms with Gasteiger partial charge in [-0.1, -0.05) is 29.5 Å². The lowest BCUT2D eigenvalue weighted by Gasteiger charge is -2.34. The molecular formula is C23H28N4O3S. The van der Waals surface area contributed by atoms with Crippen LogP contribution in [0.2, 0.25) is 0 Å². The van der Waals surface area contributed by atoms with Crippen molar-refractivity contribution in [1.82, 2.24) is 15.2 Å². The van der Waals surface area contributed by atoms with Crippen molar-refractivity contribution in [2.45, 2.75) is 13.3 Å². The maximum atomic E-state index is 12.5. The molecule has 164 valence electrons. The number of methoxy groups -OCH3 is 1. The van der Waals surface area contributed by atoms with Crippen molar-refractivity contribution in [3.63, 3.8) is 0 Å². The molecule has 2 amide bonds. The van der Waals surface area contributed by atoms with E-state index >= 15 is 0 Å². The number of ether oxygens (including phenoxy) is 2. The molecule has 0 radical (unpaired) electrons. The fraction of sp³-hybridized carbons (Fsp3) is 0.391. The zero-order valence-electron chi connectivity index (χ0n) is 18.0. The van der Waals surface area contributed by atoms with Crippen molar-refractivity contribution < 1.29 is 14.3 Å². The van der Waals surface area contributed by atoms with Gasteiger partial charge >= 0.3 is 6.03 Å². The summed E-state index contributed by atoms with van der Waals surface area (Å²) in [4.78, 5) is 21.5. The number of rotatable bonds is 7. The molecule has 2 aromatic carbocycles. The van der Waals surface area contributed by atoms with E-state index < -0.39 is 0 Å². The molecule has 8 heteroatoms. The van der Waals surface area contributed by atoms with Crippen molar-refractivity contribution >= 4 is 32.7 Å². The largest absolute Gasteiger partial charge is 0.497 e. The van der Waals surface area contributed by atoms with E-state index in [0.717, 1.165) is 46.4 Å². The lowest BCUT2D eigenvalue weighted by molar-refractivity contribution is 0.194. The van der Waals surface area contributed by atoms with Crippen molar-refractivity contribution in [3.05, 3.63) is 48.0 Å². The summed E-state index contributed by atoms with van der Waals surface area (Å²) in [6, 6.07) is 14.0. The number of nitrogens with one attached hydrogen (secondary N) is 1. The Morgan fingerprint density at radius 3 is 2.61 bits per heavy atom. The van der Waals surface area contributed by atoms with Crippen LogP contribution >= 0.6 is 11.3 Å².